The molecule has 130 valence electrons. The third-order valence-electron chi connectivity index (χ3n) is 5.11. The molecule has 0 bridgehead atoms. The van der Waals surface area contributed by atoms with Crippen LogP contribution in [0.2, 0.25) is 0 Å². The van der Waals surface area contributed by atoms with Crippen LogP contribution in [0.25, 0.3) is 0 Å². The number of rotatable bonds is 4. The molecule has 2 fully saturated rings. The fourth-order valence-corrected chi connectivity index (χ4v) is 3.70. The second-order valence-electron chi connectivity index (χ2n) is 6.60. The number of carbonyl (C=O) groups excluding carboxylic acids is 3. The molecule has 3 rings (SSSR count). The Morgan fingerprint density at radius 2 is 1.84 bits per heavy atom. The zero-order chi connectivity index (χ0) is 18.0. The van der Waals surface area contributed by atoms with Gasteiger partial charge in [-0.2, -0.15) is 5.26 Å². The van der Waals surface area contributed by atoms with Gasteiger partial charge in [0.15, 0.2) is 0 Å². The number of ether oxygens (including phenoxy) is 1. The number of carbonyl (C=O) groups is 3. The SMILES string of the molecule is C[C@@H](C(=O)OCc1ccccc1C#N)N1C(=O)[C@H]2CCCC[C@@H]2C1=O. The molecule has 1 saturated carbocycles. The number of nitrogens with zero attached hydrogens (tertiary/aromatic N) is 2. The number of nitriles is 1. The topological polar surface area (TPSA) is 87.5 Å². The van der Waals surface area contributed by atoms with Gasteiger partial charge in [0.05, 0.1) is 23.5 Å². The normalized spacial score (nSPS) is 23.8. The van der Waals surface area contributed by atoms with Crippen molar-refractivity contribution in [3.8, 4) is 6.07 Å². The van der Waals surface area contributed by atoms with Crippen LogP contribution in [0.5, 0.6) is 0 Å². The molecule has 1 heterocycles. The van der Waals surface area contributed by atoms with Crippen LogP contribution in [0.1, 0.15) is 43.7 Å². The van der Waals surface area contributed by atoms with Crippen molar-refractivity contribution in [3.63, 3.8) is 0 Å². The van der Waals surface area contributed by atoms with Gasteiger partial charge in [-0.05, 0) is 25.8 Å². The number of amides is 2. The van der Waals surface area contributed by atoms with Crippen molar-refractivity contribution in [1.82, 2.24) is 4.90 Å². The molecule has 1 aromatic rings. The summed E-state index contributed by atoms with van der Waals surface area (Å²) in [7, 11) is 0. The van der Waals surface area contributed by atoms with Crippen LogP contribution < -0.4 is 0 Å². The highest BCUT2D eigenvalue weighted by Crippen LogP contribution is 2.38. The third-order valence-corrected chi connectivity index (χ3v) is 5.11. The maximum Gasteiger partial charge on any atom is 0.329 e. The molecule has 0 N–H and O–H groups in total. The van der Waals surface area contributed by atoms with Gasteiger partial charge < -0.3 is 4.74 Å². The summed E-state index contributed by atoms with van der Waals surface area (Å²) >= 11 is 0. The van der Waals surface area contributed by atoms with Crippen LogP contribution >= 0.6 is 0 Å². The van der Waals surface area contributed by atoms with E-state index in [9.17, 15) is 14.4 Å². The molecule has 25 heavy (non-hydrogen) atoms. The van der Waals surface area contributed by atoms with E-state index < -0.39 is 12.0 Å². The Morgan fingerprint density at radius 3 is 2.44 bits per heavy atom. The van der Waals surface area contributed by atoms with E-state index in [4.69, 9.17) is 10.00 Å². The zero-order valence-corrected chi connectivity index (χ0v) is 14.1. The summed E-state index contributed by atoms with van der Waals surface area (Å²) in [5.41, 5.74) is 1.03. The Balaban J connectivity index is 1.67. The van der Waals surface area contributed by atoms with Crippen molar-refractivity contribution in [1.29, 1.82) is 5.26 Å². The Kier molecular flexibility index (Phi) is 4.84. The fourth-order valence-electron chi connectivity index (χ4n) is 3.70. The number of fused-ring (bicyclic) bond motifs is 1. The molecule has 0 radical (unpaired) electrons. The van der Waals surface area contributed by atoms with E-state index in [2.05, 4.69) is 0 Å². The smallest absolute Gasteiger partial charge is 0.329 e. The van der Waals surface area contributed by atoms with E-state index in [1.807, 2.05) is 6.07 Å². The second kappa shape index (κ2) is 7.06. The van der Waals surface area contributed by atoms with Crippen molar-refractivity contribution in [2.75, 3.05) is 0 Å². The van der Waals surface area contributed by atoms with E-state index in [-0.39, 0.29) is 30.3 Å². The average molecular weight is 340 g/mol. The summed E-state index contributed by atoms with van der Waals surface area (Å²) < 4.78 is 5.26. The Hall–Kier alpha value is -2.68. The highest BCUT2D eigenvalue weighted by atomic mass is 16.5. The molecule has 1 saturated heterocycles. The summed E-state index contributed by atoms with van der Waals surface area (Å²) in [6.45, 7) is 1.46. The molecule has 0 aromatic heterocycles. The minimum absolute atomic E-state index is 0.0595. The molecular formula is C19H20N2O4. The molecule has 0 unspecified atom stereocenters. The fraction of sp³-hybridized carbons (Fsp3) is 0.474. The second-order valence-corrected chi connectivity index (χ2v) is 6.60. The first-order valence-corrected chi connectivity index (χ1v) is 8.56. The Bertz CT molecular complexity index is 728. The number of imide groups is 1. The van der Waals surface area contributed by atoms with E-state index in [1.165, 1.54) is 6.92 Å². The van der Waals surface area contributed by atoms with Crippen LogP contribution in [-0.2, 0) is 25.7 Å². The first kappa shape index (κ1) is 17.2. The molecule has 3 atom stereocenters. The van der Waals surface area contributed by atoms with Crippen molar-refractivity contribution in [2.45, 2.75) is 45.3 Å². The van der Waals surface area contributed by atoms with E-state index in [1.54, 1.807) is 24.3 Å². The Morgan fingerprint density at radius 1 is 1.24 bits per heavy atom. The predicted molar refractivity (Wildman–Crippen MR) is 87.7 cm³/mol. The van der Waals surface area contributed by atoms with Crippen molar-refractivity contribution in [3.05, 3.63) is 35.4 Å². The first-order chi connectivity index (χ1) is 12.0. The molecule has 6 nitrogen and oxygen atoms in total. The van der Waals surface area contributed by atoms with Crippen LogP contribution in [0.15, 0.2) is 24.3 Å². The van der Waals surface area contributed by atoms with Crippen molar-refractivity contribution < 1.29 is 19.1 Å². The summed E-state index contributed by atoms with van der Waals surface area (Å²) in [6.07, 6.45) is 3.31. The third kappa shape index (κ3) is 3.14. The number of hydrogen-bond donors (Lipinski definition) is 0. The lowest BCUT2D eigenvalue weighted by Crippen LogP contribution is -2.44. The van der Waals surface area contributed by atoms with Gasteiger partial charge in [0.25, 0.3) is 0 Å². The number of esters is 1. The maximum atomic E-state index is 12.5. The largest absolute Gasteiger partial charge is 0.459 e. The number of likely N-dealkylation sites (tertiary alicyclic amines) is 1. The van der Waals surface area contributed by atoms with Gasteiger partial charge in [0.1, 0.15) is 12.6 Å². The predicted octanol–water partition coefficient (Wildman–Crippen LogP) is 2.17. The summed E-state index contributed by atoms with van der Waals surface area (Å²) in [5, 5.41) is 9.07. The first-order valence-electron chi connectivity index (χ1n) is 8.56. The Labute approximate surface area is 146 Å². The van der Waals surface area contributed by atoms with Crippen LogP contribution in [0.4, 0.5) is 0 Å². The van der Waals surface area contributed by atoms with Gasteiger partial charge in [0.2, 0.25) is 11.8 Å². The molecule has 2 amide bonds. The lowest BCUT2D eigenvalue weighted by molar-refractivity contribution is -0.159. The lowest BCUT2D eigenvalue weighted by Gasteiger charge is -2.21. The molecule has 1 aromatic carbocycles. The molecule has 6 heteroatoms. The van der Waals surface area contributed by atoms with Crippen molar-refractivity contribution in [2.24, 2.45) is 11.8 Å². The van der Waals surface area contributed by atoms with Crippen LogP contribution in [-0.4, -0.2) is 28.7 Å². The minimum atomic E-state index is -0.945. The van der Waals surface area contributed by atoms with Gasteiger partial charge in [-0.15, -0.1) is 0 Å². The molecule has 1 aliphatic heterocycles. The number of benzene rings is 1. The van der Waals surface area contributed by atoms with Crippen molar-refractivity contribution >= 4 is 17.8 Å². The van der Waals surface area contributed by atoms with Gasteiger partial charge in [-0.1, -0.05) is 31.0 Å². The lowest BCUT2D eigenvalue weighted by atomic mass is 9.81. The highest BCUT2D eigenvalue weighted by molar-refractivity contribution is 6.07. The number of hydrogen-bond acceptors (Lipinski definition) is 5. The molecule has 2 aliphatic rings. The maximum absolute atomic E-state index is 12.5. The molecular weight excluding hydrogens is 320 g/mol. The van der Waals surface area contributed by atoms with Gasteiger partial charge in [-0.25, -0.2) is 4.79 Å². The van der Waals surface area contributed by atoms with E-state index in [0.717, 1.165) is 17.7 Å². The van der Waals surface area contributed by atoms with E-state index >= 15 is 0 Å². The van der Waals surface area contributed by atoms with Gasteiger partial charge in [-0.3, -0.25) is 14.5 Å². The monoisotopic (exact) mass is 340 g/mol. The highest BCUT2D eigenvalue weighted by Gasteiger charge is 2.51. The quantitative estimate of drug-likeness (QED) is 0.619. The average Bonchev–Trinajstić information content (AvgIpc) is 2.90. The van der Waals surface area contributed by atoms with Crippen LogP contribution in [0, 0.1) is 23.2 Å². The standard InChI is InChI=1S/C19H20N2O4/c1-12(19(24)25-11-14-7-3-2-6-13(14)10-20)21-17(22)15-8-4-5-9-16(15)18(21)23/h2-3,6-7,12,15-16H,4-5,8-9,11H2,1H3/t12-,15-,16-/m0/s1. The van der Waals surface area contributed by atoms with Gasteiger partial charge in [0, 0.05) is 5.56 Å². The minimum Gasteiger partial charge on any atom is -0.459 e. The van der Waals surface area contributed by atoms with Gasteiger partial charge >= 0.3 is 5.97 Å². The summed E-state index contributed by atoms with van der Waals surface area (Å²) in [5.74, 6) is -1.70. The molecule has 0 spiro atoms. The summed E-state index contributed by atoms with van der Waals surface area (Å²) in [4.78, 5) is 38.5. The molecule has 1 aliphatic carbocycles. The van der Waals surface area contributed by atoms with E-state index in [0.29, 0.717) is 24.0 Å². The zero-order valence-electron chi connectivity index (χ0n) is 14.1. The van der Waals surface area contributed by atoms with Crippen LogP contribution in [0.3, 0.4) is 0 Å². The summed E-state index contributed by atoms with van der Waals surface area (Å²) in [6, 6.07) is 7.93.